The quantitative estimate of drug-likeness (QED) is 0.746. The van der Waals surface area contributed by atoms with E-state index in [1.807, 2.05) is 30.5 Å². The van der Waals surface area contributed by atoms with Crippen molar-refractivity contribution in [3.63, 3.8) is 0 Å². The number of aromatic nitrogens is 2. The summed E-state index contributed by atoms with van der Waals surface area (Å²) in [4.78, 5) is 8.09. The topological polar surface area (TPSA) is 63.8 Å². The summed E-state index contributed by atoms with van der Waals surface area (Å²) < 4.78 is 0. The molecule has 4 nitrogen and oxygen atoms in total. The molecule has 0 unspecified atom stereocenters. The molecule has 2 heterocycles. The summed E-state index contributed by atoms with van der Waals surface area (Å²) in [5.74, 6) is 0.572. The number of nitrogens with zero attached hydrogens (tertiary/aromatic N) is 2. The van der Waals surface area contributed by atoms with Gasteiger partial charge in [0, 0.05) is 24.3 Å². The molecule has 2 aromatic heterocycles. The van der Waals surface area contributed by atoms with Crippen LogP contribution in [0.2, 0.25) is 0 Å². The normalized spacial score (nSPS) is 9.65. The number of hydrogen-bond donors (Lipinski definition) is 2. The highest BCUT2D eigenvalue weighted by atomic mass is 14.9. The summed E-state index contributed by atoms with van der Waals surface area (Å²) in [6.07, 6.45) is 3.48. The van der Waals surface area contributed by atoms with E-state index in [2.05, 4.69) is 40.4 Å². The Morgan fingerprint density at radius 2 is 1.75 bits per heavy atom. The number of para-hydroxylation sites is 1. The first-order chi connectivity index (χ1) is 9.81. The summed E-state index contributed by atoms with van der Waals surface area (Å²) >= 11 is 0. The Morgan fingerprint density at radius 3 is 2.40 bits per heavy atom. The first-order valence-corrected chi connectivity index (χ1v) is 6.55. The molecular formula is C16H18N4. The lowest BCUT2D eigenvalue weighted by Crippen LogP contribution is -1.97. The second-order valence-corrected chi connectivity index (χ2v) is 4.17. The molecule has 4 heteroatoms. The average Bonchev–Trinajstić information content (AvgIpc) is 2.49. The largest absolute Gasteiger partial charge is 0.384 e. The SMILES string of the molecule is CCNc1cccc2cccnc12.Nc1ccccn1. The van der Waals surface area contributed by atoms with Gasteiger partial charge in [-0.15, -0.1) is 0 Å². The smallest absolute Gasteiger partial charge is 0.123 e. The van der Waals surface area contributed by atoms with E-state index in [1.54, 1.807) is 12.3 Å². The minimum Gasteiger partial charge on any atom is -0.384 e. The Bertz CT molecular complexity index is 647. The van der Waals surface area contributed by atoms with E-state index in [9.17, 15) is 0 Å². The van der Waals surface area contributed by atoms with Crippen LogP contribution in [0.5, 0.6) is 0 Å². The summed E-state index contributed by atoms with van der Waals surface area (Å²) in [5, 5.41) is 4.47. The molecule has 3 N–H and O–H groups in total. The number of hydrogen-bond acceptors (Lipinski definition) is 4. The molecule has 3 aromatic rings. The van der Waals surface area contributed by atoms with Gasteiger partial charge in [0.25, 0.3) is 0 Å². The predicted octanol–water partition coefficient (Wildman–Crippen LogP) is 3.33. The van der Waals surface area contributed by atoms with Gasteiger partial charge in [0.05, 0.1) is 11.2 Å². The van der Waals surface area contributed by atoms with E-state index in [0.29, 0.717) is 5.82 Å². The fourth-order valence-electron chi connectivity index (χ4n) is 1.81. The molecule has 3 rings (SSSR count). The minimum atomic E-state index is 0.572. The lowest BCUT2D eigenvalue weighted by Gasteiger charge is -2.05. The second-order valence-electron chi connectivity index (χ2n) is 4.17. The van der Waals surface area contributed by atoms with E-state index in [0.717, 1.165) is 17.7 Å². The van der Waals surface area contributed by atoms with Crippen LogP contribution < -0.4 is 11.1 Å². The maximum atomic E-state index is 5.25. The lowest BCUT2D eigenvalue weighted by atomic mass is 10.2. The van der Waals surface area contributed by atoms with E-state index in [4.69, 9.17) is 5.73 Å². The predicted molar refractivity (Wildman–Crippen MR) is 84.6 cm³/mol. The molecule has 0 fully saturated rings. The van der Waals surface area contributed by atoms with Gasteiger partial charge in [-0.05, 0) is 31.2 Å². The monoisotopic (exact) mass is 266 g/mol. The van der Waals surface area contributed by atoms with Gasteiger partial charge in [-0.2, -0.15) is 0 Å². The van der Waals surface area contributed by atoms with Gasteiger partial charge >= 0.3 is 0 Å². The average molecular weight is 266 g/mol. The summed E-state index contributed by atoms with van der Waals surface area (Å²) in [6, 6.07) is 15.6. The van der Waals surface area contributed by atoms with Gasteiger partial charge in [0.1, 0.15) is 5.82 Å². The van der Waals surface area contributed by atoms with E-state index in [-0.39, 0.29) is 0 Å². The molecule has 0 amide bonds. The number of rotatable bonds is 2. The maximum Gasteiger partial charge on any atom is 0.123 e. The number of anilines is 2. The molecule has 0 bridgehead atoms. The highest BCUT2D eigenvalue weighted by molar-refractivity contribution is 5.90. The summed E-state index contributed by atoms with van der Waals surface area (Å²) in [7, 11) is 0. The zero-order chi connectivity index (χ0) is 14.2. The number of nitrogens with one attached hydrogen (secondary N) is 1. The van der Waals surface area contributed by atoms with Crippen molar-refractivity contribution in [2.45, 2.75) is 6.92 Å². The molecule has 0 aliphatic carbocycles. The Morgan fingerprint density at radius 1 is 0.950 bits per heavy atom. The van der Waals surface area contributed by atoms with Crippen LogP contribution in [0.15, 0.2) is 60.9 Å². The third-order valence-corrected chi connectivity index (χ3v) is 2.69. The maximum absolute atomic E-state index is 5.25. The first-order valence-electron chi connectivity index (χ1n) is 6.55. The third-order valence-electron chi connectivity index (χ3n) is 2.69. The minimum absolute atomic E-state index is 0.572. The van der Waals surface area contributed by atoms with Gasteiger partial charge in [-0.25, -0.2) is 4.98 Å². The number of nitrogens with two attached hydrogens (primary N) is 1. The van der Waals surface area contributed by atoms with Gasteiger partial charge < -0.3 is 11.1 Å². The number of benzene rings is 1. The molecule has 1 aromatic carbocycles. The van der Waals surface area contributed by atoms with Crippen LogP contribution in [0.25, 0.3) is 10.9 Å². The van der Waals surface area contributed by atoms with Gasteiger partial charge in [0.15, 0.2) is 0 Å². The van der Waals surface area contributed by atoms with Crippen molar-refractivity contribution in [2.75, 3.05) is 17.6 Å². The highest BCUT2D eigenvalue weighted by Gasteiger charge is 1.98. The van der Waals surface area contributed by atoms with E-state index >= 15 is 0 Å². The Hall–Kier alpha value is -2.62. The van der Waals surface area contributed by atoms with Gasteiger partial charge in [-0.1, -0.05) is 24.3 Å². The van der Waals surface area contributed by atoms with Crippen LogP contribution >= 0.6 is 0 Å². The molecule has 0 aliphatic heterocycles. The highest BCUT2D eigenvalue weighted by Crippen LogP contribution is 2.19. The second kappa shape index (κ2) is 7.09. The Labute approximate surface area is 118 Å². The van der Waals surface area contributed by atoms with Crippen LogP contribution in [0.3, 0.4) is 0 Å². The standard InChI is InChI=1S/C11H12N2.C5H6N2/c1-2-12-10-7-3-5-9-6-4-8-13-11(9)10;6-5-3-1-2-4-7-5/h3-8,12H,2H2,1H3;1-4H,(H2,6,7). The van der Waals surface area contributed by atoms with Crippen LogP contribution in [-0.4, -0.2) is 16.5 Å². The zero-order valence-electron chi connectivity index (χ0n) is 11.5. The number of nitrogen functional groups attached to an aromatic ring is 1. The summed E-state index contributed by atoms with van der Waals surface area (Å²) in [5.41, 5.74) is 7.41. The molecule has 102 valence electrons. The zero-order valence-corrected chi connectivity index (χ0v) is 11.5. The molecule has 0 saturated heterocycles. The van der Waals surface area contributed by atoms with Crippen molar-refractivity contribution in [3.8, 4) is 0 Å². The summed E-state index contributed by atoms with van der Waals surface area (Å²) in [6.45, 7) is 3.01. The van der Waals surface area contributed by atoms with Crippen molar-refractivity contribution < 1.29 is 0 Å². The van der Waals surface area contributed by atoms with Gasteiger partial charge in [-0.3, -0.25) is 4.98 Å². The molecular weight excluding hydrogens is 248 g/mol. The molecule has 20 heavy (non-hydrogen) atoms. The lowest BCUT2D eigenvalue weighted by molar-refractivity contribution is 1.21. The fraction of sp³-hybridized carbons (Fsp3) is 0.125. The van der Waals surface area contributed by atoms with Gasteiger partial charge in [0.2, 0.25) is 0 Å². The van der Waals surface area contributed by atoms with Crippen LogP contribution in [0, 0.1) is 0 Å². The third kappa shape index (κ3) is 3.68. The van der Waals surface area contributed by atoms with Crippen molar-refractivity contribution >= 4 is 22.4 Å². The molecule has 0 radical (unpaired) electrons. The van der Waals surface area contributed by atoms with Crippen molar-refractivity contribution in [2.24, 2.45) is 0 Å². The molecule has 0 aliphatic rings. The Kier molecular flexibility index (Phi) is 4.89. The number of pyridine rings is 2. The van der Waals surface area contributed by atoms with Crippen molar-refractivity contribution in [1.82, 2.24) is 9.97 Å². The van der Waals surface area contributed by atoms with Crippen molar-refractivity contribution in [3.05, 3.63) is 60.9 Å². The number of fused-ring (bicyclic) bond motifs is 1. The first kappa shape index (κ1) is 13.8. The van der Waals surface area contributed by atoms with Crippen LogP contribution in [0.1, 0.15) is 6.92 Å². The van der Waals surface area contributed by atoms with Crippen LogP contribution in [-0.2, 0) is 0 Å². The van der Waals surface area contributed by atoms with Crippen molar-refractivity contribution in [1.29, 1.82) is 0 Å². The Balaban J connectivity index is 0.000000178. The van der Waals surface area contributed by atoms with Crippen LogP contribution in [0.4, 0.5) is 11.5 Å². The fourth-order valence-corrected chi connectivity index (χ4v) is 1.81. The molecule has 0 spiro atoms. The molecule has 0 saturated carbocycles. The van der Waals surface area contributed by atoms with E-state index in [1.165, 1.54) is 5.39 Å². The molecule has 0 atom stereocenters. The van der Waals surface area contributed by atoms with E-state index < -0.39 is 0 Å².